The van der Waals surface area contributed by atoms with E-state index >= 15 is 0 Å². The lowest BCUT2D eigenvalue weighted by atomic mass is 9.66. The first-order valence-corrected chi connectivity index (χ1v) is 6.90. The molecule has 0 spiro atoms. The highest BCUT2D eigenvalue weighted by Crippen LogP contribution is 2.31. The molecule has 5 heteroatoms. The standard InChI is InChI=1S/C16H14BN3O/c1-21-13-6-4-5-12(11-13)17-19-15-8-3-2-7-14(15)16-9-10-18-20(16)17/h2-11,19H,1H3. The van der Waals surface area contributed by atoms with Gasteiger partial charge in [-0.15, -0.1) is 0 Å². The molecular formula is C16H14BN3O. The van der Waals surface area contributed by atoms with Crippen molar-refractivity contribution >= 4 is 18.1 Å². The normalized spacial score (nSPS) is 12.3. The molecule has 4 nitrogen and oxygen atoms in total. The molecule has 0 saturated carbocycles. The van der Waals surface area contributed by atoms with Gasteiger partial charge in [-0.05, 0) is 29.7 Å². The summed E-state index contributed by atoms with van der Waals surface area (Å²) in [6, 6.07) is 18.4. The van der Waals surface area contributed by atoms with Crippen LogP contribution in [0.2, 0.25) is 0 Å². The van der Waals surface area contributed by atoms with Crippen LogP contribution in [0.15, 0.2) is 60.8 Å². The fourth-order valence-corrected chi connectivity index (χ4v) is 2.81. The second kappa shape index (κ2) is 4.70. The van der Waals surface area contributed by atoms with Crippen LogP contribution in [0.1, 0.15) is 0 Å². The largest absolute Gasteiger partial charge is 0.497 e. The van der Waals surface area contributed by atoms with Crippen molar-refractivity contribution in [2.75, 3.05) is 12.3 Å². The van der Waals surface area contributed by atoms with E-state index in [4.69, 9.17) is 4.74 Å². The zero-order valence-corrected chi connectivity index (χ0v) is 11.7. The minimum absolute atomic E-state index is 0.0278. The van der Waals surface area contributed by atoms with Crippen molar-refractivity contribution in [3.63, 3.8) is 0 Å². The molecule has 1 N–H and O–H groups in total. The molecule has 1 aliphatic rings. The first-order valence-electron chi connectivity index (χ1n) is 6.90. The minimum atomic E-state index is -0.0278. The van der Waals surface area contributed by atoms with Crippen molar-refractivity contribution in [1.82, 2.24) is 9.69 Å². The molecule has 0 radical (unpaired) electrons. The van der Waals surface area contributed by atoms with Gasteiger partial charge in [0.15, 0.2) is 0 Å². The number of rotatable bonds is 2. The van der Waals surface area contributed by atoms with Gasteiger partial charge in [-0.2, -0.15) is 5.10 Å². The summed E-state index contributed by atoms with van der Waals surface area (Å²) in [6.45, 7) is -0.0278. The average molecular weight is 275 g/mol. The van der Waals surface area contributed by atoms with Gasteiger partial charge in [0.1, 0.15) is 5.75 Å². The maximum absolute atomic E-state index is 5.33. The molecule has 2 heterocycles. The molecule has 4 rings (SSSR count). The first kappa shape index (κ1) is 12.1. The van der Waals surface area contributed by atoms with E-state index in [0.29, 0.717) is 0 Å². The predicted molar refractivity (Wildman–Crippen MR) is 85.1 cm³/mol. The molecule has 0 atom stereocenters. The van der Waals surface area contributed by atoms with Gasteiger partial charge >= 0.3 is 6.98 Å². The fraction of sp³-hybridized carbons (Fsp3) is 0.0625. The zero-order valence-electron chi connectivity index (χ0n) is 11.7. The Morgan fingerprint density at radius 1 is 1.10 bits per heavy atom. The van der Waals surface area contributed by atoms with E-state index in [2.05, 4.69) is 28.5 Å². The SMILES string of the molecule is COc1cccc(B2Nc3ccccc3-c3ccnn32)c1. The molecule has 0 aliphatic carbocycles. The smallest absolute Gasteiger partial charge is 0.430 e. The topological polar surface area (TPSA) is 39.1 Å². The summed E-state index contributed by atoms with van der Waals surface area (Å²) >= 11 is 0. The summed E-state index contributed by atoms with van der Waals surface area (Å²) in [7, 11) is 1.68. The van der Waals surface area contributed by atoms with Crippen LogP contribution in [0.3, 0.4) is 0 Å². The van der Waals surface area contributed by atoms with E-state index in [-0.39, 0.29) is 6.98 Å². The quantitative estimate of drug-likeness (QED) is 0.729. The number of hydrogen-bond acceptors (Lipinski definition) is 3. The number of para-hydroxylation sites is 1. The van der Waals surface area contributed by atoms with Crippen molar-refractivity contribution in [2.45, 2.75) is 0 Å². The maximum atomic E-state index is 5.33. The number of aromatic nitrogens is 2. The van der Waals surface area contributed by atoms with Crippen molar-refractivity contribution in [2.24, 2.45) is 0 Å². The Hall–Kier alpha value is -2.69. The highest BCUT2D eigenvalue weighted by Gasteiger charge is 2.30. The summed E-state index contributed by atoms with van der Waals surface area (Å²) in [5.74, 6) is 0.849. The average Bonchev–Trinajstić information content (AvgIpc) is 3.04. The molecule has 0 saturated heterocycles. The molecule has 3 aromatic rings. The summed E-state index contributed by atoms with van der Waals surface area (Å²) in [6.07, 6.45) is 1.84. The van der Waals surface area contributed by atoms with Crippen LogP contribution < -0.4 is 15.4 Å². The molecule has 102 valence electrons. The first-order chi connectivity index (χ1) is 10.4. The Morgan fingerprint density at radius 3 is 2.90 bits per heavy atom. The molecular weight excluding hydrogens is 261 g/mol. The number of ether oxygens (including phenoxy) is 1. The van der Waals surface area contributed by atoms with Gasteiger partial charge in [0.05, 0.1) is 12.8 Å². The lowest BCUT2D eigenvalue weighted by Gasteiger charge is -2.26. The van der Waals surface area contributed by atoms with Gasteiger partial charge in [-0.3, -0.25) is 4.59 Å². The number of nitrogens with zero attached hydrogens (tertiary/aromatic N) is 2. The summed E-state index contributed by atoms with van der Waals surface area (Å²) in [4.78, 5) is 0. The molecule has 0 unspecified atom stereocenters. The maximum Gasteiger partial charge on any atom is 0.430 e. The number of hydrogen-bond donors (Lipinski definition) is 1. The van der Waals surface area contributed by atoms with Crippen LogP contribution >= 0.6 is 0 Å². The van der Waals surface area contributed by atoms with Crippen molar-refractivity contribution in [3.8, 4) is 17.0 Å². The highest BCUT2D eigenvalue weighted by atomic mass is 16.5. The van der Waals surface area contributed by atoms with Crippen LogP contribution in [-0.2, 0) is 0 Å². The van der Waals surface area contributed by atoms with E-state index in [9.17, 15) is 0 Å². The zero-order chi connectivity index (χ0) is 14.2. The Morgan fingerprint density at radius 2 is 2.00 bits per heavy atom. The van der Waals surface area contributed by atoms with Gasteiger partial charge in [-0.1, -0.05) is 30.3 Å². The van der Waals surface area contributed by atoms with Crippen molar-refractivity contribution in [1.29, 1.82) is 0 Å². The van der Waals surface area contributed by atoms with Crippen molar-refractivity contribution in [3.05, 3.63) is 60.8 Å². The van der Waals surface area contributed by atoms with Crippen molar-refractivity contribution < 1.29 is 4.74 Å². The second-order valence-corrected chi connectivity index (χ2v) is 5.03. The van der Waals surface area contributed by atoms with Gasteiger partial charge in [0.25, 0.3) is 0 Å². The molecule has 2 aromatic carbocycles. The number of fused-ring (bicyclic) bond motifs is 3. The molecule has 0 amide bonds. The van der Waals surface area contributed by atoms with Crippen LogP contribution in [0, 0.1) is 0 Å². The Labute approximate surface area is 123 Å². The Bertz CT molecular complexity index is 799. The van der Waals surface area contributed by atoms with Gasteiger partial charge in [-0.25, -0.2) is 0 Å². The van der Waals surface area contributed by atoms with Crippen LogP contribution in [0.5, 0.6) is 5.75 Å². The Balaban J connectivity index is 1.85. The molecule has 0 bridgehead atoms. The predicted octanol–water partition coefficient (Wildman–Crippen LogP) is 2.23. The summed E-state index contributed by atoms with van der Waals surface area (Å²) < 4.78 is 7.34. The van der Waals surface area contributed by atoms with Gasteiger partial charge in [0, 0.05) is 17.4 Å². The fourth-order valence-electron chi connectivity index (χ4n) is 2.81. The number of benzene rings is 2. The molecule has 1 aliphatic heterocycles. The Kier molecular flexibility index (Phi) is 2.70. The third kappa shape index (κ3) is 1.89. The number of methoxy groups -OCH3 is 1. The van der Waals surface area contributed by atoms with E-state index in [1.165, 1.54) is 5.56 Å². The van der Waals surface area contributed by atoms with E-state index < -0.39 is 0 Å². The minimum Gasteiger partial charge on any atom is -0.497 e. The monoisotopic (exact) mass is 275 g/mol. The highest BCUT2D eigenvalue weighted by molar-refractivity contribution is 6.75. The van der Waals surface area contributed by atoms with Gasteiger partial charge in [0.2, 0.25) is 0 Å². The second-order valence-electron chi connectivity index (χ2n) is 5.03. The summed E-state index contributed by atoms with van der Waals surface area (Å²) in [5.41, 5.74) is 4.54. The molecule has 21 heavy (non-hydrogen) atoms. The summed E-state index contributed by atoms with van der Waals surface area (Å²) in [5, 5.41) is 8.03. The third-order valence-corrected chi connectivity index (χ3v) is 3.82. The van der Waals surface area contributed by atoms with E-state index in [1.54, 1.807) is 7.11 Å². The molecule has 0 fully saturated rings. The molecule has 1 aromatic heterocycles. The van der Waals surface area contributed by atoms with E-state index in [0.717, 1.165) is 22.6 Å². The van der Waals surface area contributed by atoms with Crippen LogP contribution in [-0.4, -0.2) is 23.8 Å². The van der Waals surface area contributed by atoms with Gasteiger partial charge < -0.3 is 9.96 Å². The third-order valence-electron chi connectivity index (χ3n) is 3.82. The van der Waals surface area contributed by atoms with Crippen LogP contribution in [0.4, 0.5) is 5.69 Å². The van der Waals surface area contributed by atoms with Crippen LogP contribution in [0.25, 0.3) is 11.3 Å². The number of nitrogens with one attached hydrogen (secondary N) is 1. The lowest BCUT2D eigenvalue weighted by Crippen LogP contribution is -2.48. The lowest BCUT2D eigenvalue weighted by molar-refractivity contribution is 0.415. The number of anilines is 1. The van der Waals surface area contributed by atoms with E-state index in [1.807, 2.05) is 47.2 Å².